The number of nitrogens with one attached hydrogen (secondary N) is 1. The molecule has 4 nitrogen and oxygen atoms in total. The van der Waals surface area contributed by atoms with Gasteiger partial charge in [-0.1, -0.05) is 18.2 Å². The number of carbonyl (C=O) groups is 2. The molecule has 0 aliphatic rings. The van der Waals surface area contributed by atoms with Crippen molar-refractivity contribution in [1.29, 1.82) is 0 Å². The van der Waals surface area contributed by atoms with Gasteiger partial charge < -0.3 is 10.4 Å². The number of rotatable bonds is 5. The Morgan fingerprint density at radius 2 is 1.84 bits per heavy atom. The van der Waals surface area contributed by atoms with Gasteiger partial charge in [0.15, 0.2) is 0 Å². The van der Waals surface area contributed by atoms with Crippen LogP contribution in [0.4, 0.5) is 0 Å². The van der Waals surface area contributed by atoms with E-state index in [0.717, 1.165) is 11.1 Å². The molecule has 1 aromatic carbocycles. The highest BCUT2D eigenvalue weighted by atomic mass is 16.4. The van der Waals surface area contributed by atoms with Crippen molar-refractivity contribution in [1.82, 2.24) is 5.32 Å². The maximum atomic E-state index is 11.8. The van der Waals surface area contributed by atoms with E-state index < -0.39 is 11.4 Å². The van der Waals surface area contributed by atoms with Gasteiger partial charge in [-0.05, 0) is 44.4 Å². The fourth-order valence-electron chi connectivity index (χ4n) is 1.56. The molecule has 0 heterocycles. The minimum absolute atomic E-state index is 0.131. The standard InChI is InChI=1S/C15H21NO3/c1-10-5-6-12(7-11(10)2)8-13(17)16-9-15(3,4)14(18)19/h5-7H,8-9H2,1-4H3,(H,16,17)(H,18,19). The van der Waals surface area contributed by atoms with Crippen molar-refractivity contribution in [2.75, 3.05) is 6.54 Å². The van der Waals surface area contributed by atoms with Gasteiger partial charge in [0, 0.05) is 6.54 Å². The number of hydrogen-bond acceptors (Lipinski definition) is 2. The smallest absolute Gasteiger partial charge is 0.310 e. The first-order chi connectivity index (χ1) is 8.72. The summed E-state index contributed by atoms with van der Waals surface area (Å²) in [7, 11) is 0. The molecule has 0 spiro atoms. The number of carbonyl (C=O) groups excluding carboxylic acids is 1. The minimum Gasteiger partial charge on any atom is -0.481 e. The summed E-state index contributed by atoms with van der Waals surface area (Å²) in [5, 5.41) is 11.6. The van der Waals surface area contributed by atoms with E-state index >= 15 is 0 Å². The summed E-state index contributed by atoms with van der Waals surface area (Å²) >= 11 is 0. The summed E-state index contributed by atoms with van der Waals surface area (Å²) in [6.07, 6.45) is 0.275. The van der Waals surface area contributed by atoms with Crippen LogP contribution in [0.3, 0.4) is 0 Å². The van der Waals surface area contributed by atoms with Crippen LogP contribution in [0, 0.1) is 19.3 Å². The topological polar surface area (TPSA) is 66.4 Å². The first-order valence-electron chi connectivity index (χ1n) is 6.28. The molecule has 1 amide bonds. The summed E-state index contributed by atoms with van der Waals surface area (Å²) in [5.74, 6) is -1.07. The summed E-state index contributed by atoms with van der Waals surface area (Å²) in [6.45, 7) is 7.34. The number of aliphatic carboxylic acids is 1. The second kappa shape index (κ2) is 5.87. The molecule has 0 aromatic heterocycles. The summed E-state index contributed by atoms with van der Waals surface area (Å²) in [4.78, 5) is 22.7. The van der Waals surface area contributed by atoms with Crippen LogP contribution in [0.5, 0.6) is 0 Å². The SMILES string of the molecule is Cc1ccc(CC(=O)NCC(C)(C)C(=O)O)cc1C. The highest BCUT2D eigenvalue weighted by Gasteiger charge is 2.27. The third-order valence-corrected chi connectivity index (χ3v) is 3.24. The second-order valence-electron chi connectivity index (χ2n) is 5.56. The van der Waals surface area contributed by atoms with Crippen LogP contribution in [0.2, 0.25) is 0 Å². The first kappa shape index (κ1) is 15.2. The van der Waals surface area contributed by atoms with Crippen molar-refractivity contribution in [2.45, 2.75) is 34.1 Å². The Labute approximate surface area is 113 Å². The molecule has 0 saturated heterocycles. The van der Waals surface area contributed by atoms with Crippen LogP contribution in [0.25, 0.3) is 0 Å². The maximum absolute atomic E-state index is 11.8. The molecule has 2 N–H and O–H groups in total. The monoisotopic (exact) mass is 263 g/mol. The molecule has 19 heavy (non-hydrogen) atoms. The Bertz CT molecular complexity index is 492. The summed E-state index contributed by atoms with van der Waals surface area (Å²) in [6, 6.07) is 5.89. The third kappa shape index (κ3) is 4.39. The molecule has 0 radical (unpaired) electrons. The van der Waals surface area contributed by atoms with Gasteiger partial charge >= 0.3 is 5.97 Å². The van der Waals surface area contributed by atoms with Gasteiger partial charge in [0.1, 0.15) is 0 Å². The molecule has 0 bridgehead atoms. The van der Waals surface area contributed by atoms with Gasteiger partial charge in [0.2, 0.25) is 5.91 Å². The molecule has 0 saturated carbocycles. The number of benzene rings is 1. The van der Waals surface area contributed by atoms with E-state index in [1.54, 1.807) is 13.8 Å². The van der Waals surface area contributed by atoms with Crippen molar-refractivity contribution in [2.24, 2.45) is 5.41 Å². The average molecular weight is 263 g/mol. The molecular weight excluding hydrogens is 242 g/mol. The van der Waals surface area contributed by atoms with Crippen LogP contribution in [0.15, 0.2) is 18.2 Å². The zero-order chi connectivity index (χ0) is 14.6. The van der Waals surface area contributed by atoms with E-state index in [1.807, 2.05) is 32.0 Å². The number of carboxylic acid groups (broad SMARTS) is 1. The number of hydrogen-bond donors (Lipinski definition) is 2. The molecule has 0 aliphatic carbocycles. The van der Waals surface area contributed by atoms with Crippen LogP contribution < -0.4 is 5.32 Å². The van der Waals surface area contributed by atoms with Gasteiger partial charge in [0.25, 0.3) is 0 Å². The number of carboxylic acids is 1. The number of aryl methyl sites for hydroxylation is 2. The number of amides is 1. The largest absolute Gasteiger partial charge is 0.481 e. The average Bonchev–Trinajstić information content (AvgIpc) is 2.31. The van der Waals surface area contributed by atoms with Gasteiger partial charge in [-0.25, -0.2) is 0 Å². The first-order valence-corrected chi connectivity index (χ1v) is 6.28. The zero-order valence-corrected chi connectivity index (χ0v) is 11.9. The maximum Gasteiger partial charge on any atom is 0.310 e. The van der Waals surface area contributed by atoms with Gasteiger partial charge in [-0.3, -0.25) is 9.59 Å². The lowest BCUT2D eigenvalue weighted by molar-refractivity contribution is -0.146. The lowest BCUT2D eigenvalue weighted by Gasteiger charge is -2.19. The van der Waals surface area contributed by atoms with E-state index in [2.05, 4.69) is 5.32 Å². The van der Waals surface area contributed by atoms with E-state index in [1.165, 1.54) is 5.56 Å². The van der Waals surface area contributed by atoms with Crippen molar-refractivity contribution in [3.05, 3.63) is 34.9 Å². The predicted octanol–water partition coefficient (Wildman–Crippen LogP) is 2.07. The second-order valence-corrected chi connectivity index (χ2v) is 5.56. The van der Waals surface area contributed by atoms with E-state index in [0.29, 0.717) is 0 Å². The van der Waals surface area contributed by atoms with Crippen molar-refractivity contribution in [3.63, 3.8) is 0 Å². The Kier molecular flexibility index (Phi) is 4.70. The molecule has 0 fully saturated rings. The van der Waals surface area contributed by atoms with Crippen molar-refractivity contribution >= 4 is 11.9 Å². The molecule has 1 rings (SSSR count). The van der Waals surface area contributed by atoms with Crippen LogP contribution in [-0.2, 0) is 16.0 Å². The molecule has 0 atom stereocenters. The van der Waals surface area contributed by atoms with Crippen molar-refractivity contribution < 1.29 is 14.7 Å². The molecule has 1 aromatic rings. The highest BCUT2D eigenvalue weighted by molar-refractivity contribution is 5.80. The van der Waals surface area contributed by atoms with Gasteiger partial charge in [-0.2, -0.15) is 0 Å². The minimum atomic E-state index is -0.946. The Morgan fingerprint density at radius 1 is 1.21 bits per heavy atom. The van der Waals surface area contributed by atoms with E-state index in [9.17, 15) is 9.59 Å². The van der Waals surface area contributed by atoms with Crippen LogP contribution >= 0.6 is 0 Å². The normalized spacial score (nSPS) is 11.2. The molecule has 4 heteroatoms. The van der Waals surface area contributed by atoms with Gasteiger partial charge in [-0.15, -0.1) is 0 Å². The fourth-order valence-corrected chi connectivity index (χ4v) is 1.56. The van der Waals surface area contributed by atoms with E-state index in [4.69, 9.17) is 5.11 Å². The molecule has 0 aliphatic heterocycles. The highest BCUT2D eigenvalue weighted by Crippen LogP contribution is 2.14. The Hall–Kier alpha value is -1.84. The lowest BCUT2D eigenvalue weighted by Crippen LogP contribution is -2.39. The molecule has 0 unspecified atom stereocenters. The predicted molar refractivity (Wildman–Crippen MR) is 74.0 cm³/mol. The Balaban J connectivity index is 2.56. The zero-order valence-electron chi connectivity index (χ0n) is 11.9. The summed E-state index contributed by atoms with van der Waals surface area (Å²) < 4.78 is 0. The van der Waals surface area contributed by atoms with Crippen LogP contribution in [0.1, 0.15) is 30.5 Å². The van der Waals surface area contributed by atoms with E-state index in [-0.39, 0.29) is 18.9 Å². The van der Waals surface area contributed by atoms with Crippen LogP contribution in [-0.4, -0.2) is 23.5 Å². The Morgan fingerprint density at radius 3 is 2.37 bits per heavy atom. The summed E-state index contributed by atoms with van der Waals surface area (Å²) in [5.41, 5.74) is 2.33. The third-order valence-electron chi connectivity index (χ3n) is 3.24. The lowest BCUT2D eigenvalue weighted by atomic mass is 9.94. The fraction of sp³-hybridized carbons (Fsp3) is 0.467. The van der Waals surface area contributed by atoms with Gasteiger partial charge in [0.05, 0.1) is 11.8 Å². The molecule has 104 valence electrons. The quantitative estimate of drug-likeness (QED) is 0.854. The molecular formula is C15H21NO3. The van der Waals surface area contributed by atoms with Crippen molar-refractivity contribution in [3.8, 4) is 0 Å².